The molecular formula is C7H12F3NO2. The van der Waals surface area contributed by atoms with Crippen molar-refractivity contribution in [3.63, 3.8) is 0 Å². The molecule has 2 N–H and O–H groups in total. The van der Waals surface area contributed by atoms with Gasteiger partial charge in [0.25, 0.3) is 0 Å². The summed E-state index contributed by atoms with van der Waals surface area (Å²) in [5.41, 5.74) is 0. The van der Waals surface area contributed by atoms with Gasteiger partial charge in [-0.15, -0.1) is 0 Å². The molecule has 0 aliphatic carbocycles. The second-order valence-corrected chi connectivity index (χ2v) is 2.64. The van der Waals surface area contributed by atoms with E-state index in [0.717, 1.165) is 0 Å². The first-order valence-electron chi connectivity index (χ1n) is 3.91. The minimum absolute atomic E-state index is 0.0378. The summed E-state index contributed by atoms with van der Waals surface area (Å²) in [6.07, 6.45) is -4.53. The number of hydrogen-bond donors (Lipinski definition) is 2. The molecule has 0 aromatic heterocycles. The van der Waals surface area contributed by atoms with Gasteiger partial charge in [0.2, 0.25) is 0 Å². The maximum absolute atomic E-state index is 11.6. The van der Waals surface area contributed by atoms with Gasteiger partial charge in [0.15, 0.2) is 0 Å². The lowest BCUT2D eigenvalue weighted by Crippen LogP contribution is -2.23. The number of unbranched alkanes of at least 4 members (excludes halogenated alkanes) is 1. The zero-order valence-electron chi connectivity index (χ0n) is 7.02. The molecule has 0 aromatic carbocycles. The molecule has 78 valence electrons. The molecule has 0 saturated carbocycles. The van der Waals surface area contributed by atoms with Crippen molar-refractivity contribution in [2.45, 2.75) is 25.4 Å². The lowest BCUT2D eigenvalue weighted by molar-refractivity contribution is -0.137. The van der Waals surface area contributed by atoms with E-state index >= 15 is 0 Å². The van der Waals surface area contributed by atoms with Crippen LogP contribution in [0, 0.1) is 0 Å². The molecule has 6 heteroatoms. The van der Waals surface area contributed by atoms with Crippen molar-refractivity contribution in [2.24, 2.45) is 0 Å². The van der Waals surface area contributed by atoms with Crippen LogP contribution in [0.2, 0.25) is 0 Å². The summed E-state index contributed by atoms with van der Waals surface area (Å²) in [5.74, 6) is -1.00. The lowest BCUT2D eigenvalue weighted by atomic mass is 10.2. The Morgan fingerprint density at radius 3 is 2.38 bits per heavy atom. The number of aliphatic carboxylic acids is 1. The van der Waals surface area contributed by atoms with Gasteiger partial charge in [0, 0.05) is 6.42 Å². The molecule has 13 heavy (non-hydrogen) atoms. The Kier molecular flexibility index (Phi) is 5.45. The largest absolute Gasteiger partial charge is 0.480 e. The average molecular weight is 199 g/mol. The molecule has 0 aliphatic rings. The third-order valence-corrected chi connectivity index (χ3v) is 1.34. The third-order valence-electron chi connectivity index (χ3n) is 1.34. The SMILES string of the molecule is O=C(O)CNCCCCC(F)(F)F. The summed E-state index contributed by atoms with van der Waals surface area (Å²) in [6, 6.07) is 0. The zero-order valence-corrected chi connectivity index (χ0v) is 7.02. The Morgan fingerprint density at radius 1 is 1.31 bits per heavy atom. The highest BCUT2D eigenvalue weighted by molar-refractivity contribution is 5.68. The van der Waals surface area contributed by atoms with E-state index in [2.05, 4.69) is 5.32 Å². The Labute approximate surface area is 73.9 Å². The normalized spacial score (nSPS) is 11.6. The summed E-state index contributed by atoms with van der Waals surface area (Å²) < 4.78 is 34.7. The molecule has 0 atom stereocenters. The minimum Gasteiger partial charge on any atom is -0.480 e. The molecule has 0 saturated heterocycles. The van der Waals surface area contributed by atoms with E-state index in [4.69, 9.17) is 5.11 Å². The predicted molar refractivity (Wildman–Crippen MR) is 40.4 cm³/mol. The van der Waals surface area contributed by atoms with Gasteiger partial charge in [-0.25, -0.2) is 0 Å². The highest BCUT2D eigenvalue weighted by Gasteiger charge is 2.25. The molecule has 0 radical (unpaired) electrons. The van der Waals surface area contributed by atoms with Crippen molar-refractivity contribution in [2.75, 3.05) is 13.1 Å². The minimum atomic E-state index is -4.10. The number of halogens is 3. The van der Waals surface area contributed by atoms with Crippen molar-refractivity contribution in [1.82, 2.24) is 5.32 Å². The van der Waals surface area contributed by atoms with Crippen LogP contribution in [-0.2, 0) is 4.79 Å². The lowest BCUT2D eigenvalue weighted by Gasteiger charge is -2.05. The van der Waals surface area contributed by atoms with Crippen LogP contribution in [0.3, 0.4) is 0 Å². The molecule has 3 nitrogen and oxygen atoms in total. The third kappa shape index (κ3) is 11.2. The summed E-state index contributed by atoms with van der Waals surface area (Å²) in [4.78, 5) is 9.95. The van der Waals surface area contributed by atoms with Crippen LogP contribution < -0.4 is 5.32 Å². The Bertz CT molecular complexity index is 158. The van der Waals surface area contributed by atoms with E-state index in [-0.39, 0.29) is 13.0 Å². The van der Waals surface area contributed by atoms with Gasteiger partial charge in [0.1, 0.15) is 0 Å². The number of nitrogens with one attached hydrogen (secondary N) is 1. The molecule has 0 amide bonds. The van der Waals surface area contributed by atoms with E-state index in [1.807, 2.05) is 0 Å². The molecule has 0 aromatic rings. The highest BCUT2D eigenvalue weighted by atomic mass is 19.4. The van der Waals surface area contributed by atoms with Gasteiger partial charge >= 0.3 is 12.1 Å². The van der Waals surface area contributed by atoms with Gasteiger partial charge in [-0.3, -0.25) is 4.79 Å². The standard InChI is InChI=1S/C7H12F3NO2/c8-7(9,10)3-1-2-4-11-5-6(12)13/h11H,1-5H2,(H,12,13). The molecule has 0 aliphatic heterocycles. The molecular weight excluding hydrogens is 187 g/mol. The smallest absolute Gasteiger partial charge is 0.389 e. The predicted octanol–water partition coefficient (Wildman–Crippen LogP) is 1.39. The van der Waals surface area contributed by atoms with Crippen LogP contribution in [0.5, 0.6) is 0 Å². The molecule has 0 unspecified atom stereocenters. The molecule has 0 bridgehead atoms. The first-order valence-corrected chi connectivity index (χ1v) is 3.91. The Hall–Kier alpha value is -0.780. The molecule has 0 spiro atoms. The zero-order chi connectivity index (χ0) is 10.3. The van der Waals surface area contributed by atoms with Crippen molar-refractivity contribution in [3.05, 3.63) is 0 Å². The number of carboxylic acid groups (broad SMARTS) is 1. The number of carboxylic acids is 1. The molecule has 0 heterocycles. The number of hydrogen-bond acceptors (Lipinski definition) is 2. The number of alkyl halides is 3. The number of carbonyl (C=O) groups is 1. The first-order chi connectivity index (χ1) is 5.92. The van der Waals surface area contributed by atoms with E-state index in [1.165, 1.54) is 0 Å². The Morgan fingerprint density at radius 2 is 1.92 bits per heavy atom. The van der Waals surface area contributed by atoms with Crippen molar-refractivity contribution in [1.29, 1.82) is 0 Å². The second-order valence-electron chi connectivity index (χ2n) is 2.64. The number of rotatable bonds is 6. The van der Waals surface area contributed by atoms with Crippen LogP contribution in [0.1, 0.15) is 19.3 Å². The van der Waals surface area contributed by atoms with Crippen molar-refractivity contribution >= 4 is 5.97 Å². The average Bonchev–Trinajstić information content (AvgIpc) is 1.93. The topological polar surface area (TPSA) is 49.3 Å². The van der Waals surface area contributed by atoms with Crippen LogP contribution in [0.15, 0.2) is 0 Å². The molecule has 0 rings (SSSR count). The quantitative estimate of drug-likeness (QED) is 0.635. The van der Waals surface area contributed by atoms with Gasteiger partial charge in [0.05, 0.1) is 6.54 Å². The summed E-state index contributed by atoms with van der Waals surface area (Å²) in [6.45, 7) is 0.106. The second kappa shape index (κ2) is 5.80. The van der Waals surface area contributed by atoms with Gasteiger partial charge in [-0.1, -0.05) is 0 Å². The van der Waals surface area contributed by atoms with Crippen molar-refractivity contribution in [3.8, 4) is 0 Å². The van der Waals surface area contributed by atoms with E-state index in [0.29, 0.717) is 13.0 Å². The van der Waals surface area contributed by atoms with Crippen LogP contribution in [0.4, 0.5) is 13.2 Å². The van der Waals surface area contributed by atoms with E-state index < -0.39 is 18.6 Å². The maximum atomic E-state index is 11.6. The molecule has 0 fully saturated rings. The van der Waals surface area contributed by atoms with E-state index in [1.54, 1.807) is 0 Å². The summed E-state index contributed by atoms with van der Waals surface area (Å²) >= 11 is 0. The van der Waals surface area contributed by atoms with Crippen LogP contribution >= 0.6 is 0 Å². The fraction of sp³-hybridized carbons (Fsp3) is 0.857. The van der Waals surface area contributed by atoms with Crippen molar-refractivity contribution < 1.29 is 23.1 Å². The fourth-order valence-corrected chi connectivity index (χ4v) is 0.771. The fourth-order valence-electron chi connectivity index (χ4n) is 0.771. The van der Waals surface area contributed by atoms with Gasteiger partial charge in [-0.2, -0.15) is 13.2 Å². The van der Waals surface area contributed by atoms with E-state index in [9.17, 15) is 18.0 Å². The van der Waals surface area contributed by atoms with Gasteiger partial charge < -0.3 is 10.4 Å². The summed E-state index contributed by atoms with van der Waals surface area (Å²) in [5, 5.41) is 10.7. The monoisotopic (exact) mass is 199 g/mol. The highest BCUT2D eigenvalue weighted by Crippen LogP contribution is 2.21. The van der Waals surface area contributed by atoms with Crippen LogP contribution in [-0.4, -0.2) is 30.3 Å². The van der Waals surface area contributed by atoms with Gasteiger partial charge in [-0.05, 0) is 19.4 Å². The van der Waals surface area contributed by atoms with Crippen LogP contribution in [0.25, 0.3) is 0 Å². The maximum Gasteiger partial charge on any atom is 0.389 e. The Balaban J connectivity index is 3.13. The first kappa shape index (κ1) is 12.2. The summed E-state index contributed by atoms with van der Waals surface area (Å²) in [7, 11) is 0.